The third-order valence-corrected chi connectivity index (χ3v) is 5.15. The van der Waals surface area contributed by atoms with Gasteiger partial charge in [0.05, 0.1) is 7.11 Å². The monoisotopic (exact) mass is 378 g/mol. The van der Waals surface area contributed by atoms with Crippen LogP contribution in [0.2, 0.25) is 0 Å². The molecule has 1 saturated heterocycles. The minimum atomic E-state index is -0.0947. The number of amides is 2. The van der Waals surface area contributed by atoms with Crippen molar-refractivity contribution < 1.29 is 14.1 Å². The summed E-state index contributed by atoms with van der Waals surface area (Å²) in [5, 5.41) is 7.02. The number of carbonyl (C=O) groups is 1. The average molecular weight is 378 g/mol. The molecule has 0 unspecified atom stereocenters. The van der Waals surface area contributed by atoms with E-state index in [0.29, 0.717) is 25.5 Å². The lowest BCUT2D eigenvalue weighted by molar-refractivity contribution is 0.207. The molecule has 28 heavy (non-hydrogen) atoms. The molecule has 3 aromatic rings. The number of nitrogens with zero attached hydrogens (tertiary/aromatic N) is 3. The highest BCUT2D eigenvalue weighted by Crippen LogP contribution is 2.38. The van der Waals surface area contributed by atoms with Gasteiger partial charge in [-0.2, -0.15) is 4.98 Å². The van der Waals surface area contributed by atoms with Gasteiger partial charge in [-0.25, -0.2) is 4.79 Å². The van der Waals surface area contributed by atoms with Gasteiger partial charge in [0, 0.05) is 31.5 Å². The SMILES string of the molecule is COc1ccc(CNC(=O)N2C[C@H](c3ccccc3)[C@@H](c3ncon3)C2)cc1. The first-order chi connectivity index (χ1) is 13.7. The van der Waals surface area contributed by atoms with Crippen molar-refractivity contribution >= 4 is 6.03 Å². The molecule has 0 saturated carbocycles. The Balaban J connectivity index is 1.44. The molecule has 4 rings (SSSR count). The standard InChI is InChI=1S/C21H22N4O3/c1-27-17-9-7-15(8-10-17)11-22-21(26)25-12-18(16-5-3-2-4-6-16)19(13-25)20-23-14-28-24-20/h2-10,14,18-19H,11-13H2,1H3,(H,22,26)/t18-,19+/m1/s1. The predicted molar refractivity (Wildman–Crippen MR) is 103 cm³/mol. The second-order valence-corrected chi connectivity index (χ2v) is 6.82. The van der Waals surface area contributed by atoms with E-state index >= 15 is 0 Å². The minimum Gasteiger partial charge on any atom is -0.497 e. The normalized spacial score (nSPS) is 18.8. The highest BCUT2D eigenvalue weighted by atomic mass is 16.5. The molecule has 0 radical (unpaired) electrons. The van der Waals surface area contributed by atoms with Crippen molar-refractivity contribution in [2.75, 3.05) is 20.2 Å². The second kappa shape index (κ2) is 8.12. The van der Waals surface area contributed by atoms with Crippen LogP contribution in [0.25, 0.3) is 0 Å². The van der Waals surface area contributed by atoms with Crippen molar-refractivity contribution in [3.05, 3.63) is 77.9 Å². The van der Waals surface area contributed by atoms with Crippen LogP contribution in [0.3, 0.4) is 0 Å². The van der Waals surface area contributed by atoms with Gasteiger partial charge < -0.3 is 19.5 Å². The van der Waals surface area contributed by atoms with E-state index in [1.54, 1.807) is 7.11 Å². The number of likely N-dealkylation sites (tertiary alicyclic amines) is 1. The molecule has 0 aliphatic carbocycles. The van der Waals surface area contributed by atoms with Gasteiger partial charge in [0.15, 0.2) is 5.82 Å². The van der Waals surface area contributed by atoms with Crippen LogP contribution in [-0.2, 0) is 6.54 Å². The quantitative estimate of drug-likeness (QED) is 0.738. The Morgan fingerprint density at radius 1 is 1.14 bits per heavy atom. The van der Waals surface area contributed by atoms with Gasteiger partial charge in [0.2, 0.25) is 6.39 Å². The zero-order valence-corrected chi connectivity index (χ0v) is 15.6. The van der Waals surface area contributed by atoms with Gasteiger partial charge in [0.25, 0.3) is 0 Å². The van der Waals surface area contributed by atoms with E-state index in [2.05, 4.69) is 27.6 Å². The second-order valence-electron chi connectivity index (χ2n) is 6.82. The summed E-state index contributed by atoms with van der Waals surface area (Å²) in [5.74, 6) is 1.57. The molecule has 7 nitrogen and oxygen atoms in total. The molecule has 1 fully saturated rings. The first-order valence-electron chi connectivity index (χ1n) is 9.21. The van der Waals surface area contributed by atoms with E-state index in [-0.39, 0.29) is 17.9 Å². The molecule has 1 N–H and O–H groups in total. The number of urea groups is 1. The van der Waals surface area contributed by atoms with Crippen molar-refractivity contribution in [1.29, 1.82) is 0 Å². The van der Waals surface area contributed by atoms with Gasteiger partial charge in [-0.05, 0) is 23.3 Å². The van der Waals surface area contributed by atoms with Crippen LogP contribution < -0.4 is 10.1 Å². The zero-order chi connectivity index (χ0) is 19.3. The van der Waals surface area contributed by atoms with E-state index in [9.17, 15) is 4.79 Å². The smallest absolute Gasteiger partial charge is 0.317 e. The molecule has 1 aliphatic heterocycles. The first-order valence-corrected chi connectivity index (χ1v) is 9.21. The van der Waals surface area contributed by atoms with Crippen LogP contribution in [0.15, 0.2) is 65.5 Å². The van der Waals surface area contributed by atoms with E-state index < -0.39 is 0 Å². The number of rotatable bonds is 5. The maximum absolute atomic E-state index is 12.8. The minimum absolute atomic E-state index is 0.00730. The van der Waals surface area contributed by atoms with Gasteiger partial charge in [-0.3, -0.25) is 0 Å². The summed E-state index contributed by atoms with van der Waals surface area (Å²) >= 11 is 0. The molecule has 2 amide bonds. The molecule has 2 aromatic carbocycles. The molecule has 1 aliphatic rings. The number of hydrogen-bond acceptors (Lipinski definition) is 5. The van der Waals surface area contributed by atoms with Crippen molar-refractivity contribution in [1.82, 2.24) is 20.4 Å². The number of carbonyl (C=O) groups excluding carboxylic acids is 1. The lowest BCUT2D eigenvalue weighted by Gasteiger charge is -2.17. The maximum atomic E-state index is 12.8. The molecular formula is C21H22N4O3. The Morgan fingerprint density at radius 2 is 1.89 bits per heavy atom. The summed E-state index contributed by atoms with van der Waals surface area (Å²) < 4.78 is 10.1. The largest absolute Gasteiger partial charge is 0.497 e. The Labute approximate surface area is 163 Å². The van der Waals surface area contributed by atoms with E-state index in [1.807, 2.05) is 47.4 Å². The molecule has 2 atom stereocenters. The van der Waals surface area contributed by atoms with E-state index in [1.165, 1.54) is 12.0 Å². The molecular weight excluding hydrogens is 356 g/mol. The van der Waals surface area contributed by atoms with E-state index in [4.69, 9.17) is 9.26 Å². The Hall–Kier alpha value is -3.35. The van der Waals surface area contributed by atoms with Crippen LogP contribution in [0.5, 0.6) is 5.75 Å². The Bertz CT molecular complexity index is 897. The fourth-order valence-electron chi connectivity index (χ4n) is 3.64. The highest BCUT2D eigenvalue weighted by Gasteiger charge is 2.39. The molecule has 0 bridgehead atoms. The highest BCUT2D eigenvalue weighted by molar-refractivity contribution is 5.75. The first kappa shape index (κ1) is 18.0. The van der Waals surface area contributed by atoms with Gasteiger partial charge in [0.1, 0.15) is 5.75 Å². The lowest BCUT2D eigenvalue weighted by atomic mass is 9.88. The number of nitrogens with one attached hydrogen (secondary N) is 1. The van der Waals surface area contributed by atoms with Gasteiger partial charge in [-0.1, -0.05) is 47.6 Å². The topological polar surface area (TPSA) is 80.5 Å². The molecule has 2 heterocycles. The summed E-state index contributed by atoms with van der Waals surface area (Å²) in [6.45, 7) is 1.62. The third kappa shape index (κ3) is 3.83. The number of benzene rings is 2. The number of ether oxygens (including phenoxy) is 1. The third-order valence-electron chi connectivity index (χ3n) is 5.15. The summed E-state index contributed by atoms with van der Waals surface area (Å²) in [4.78, 5) is 18.8. The van der Waals surface area contributed by atoms with Crippen molar-refractivity contribution in [3.63, 3.8) is 0 Å². The molecule has 144 valence electrons. The number of hydrogen-bond donors (Lipinski definition) is 1. The van der Waals surface area contributed by atoms with Crippen molar-refractivity contribution in [2.45, 2.75) is 18.4 Å². The average Bonchev–Trinajstić information content (AvgIpc) is 3.43. The van der Waals surface area contributed by atoms with E-state index in [0.717, 1.165) is 11.3 Å². The number of methoxy groups -OCH3 is 1. The zero-order valence-electron chi connectivity index (χ0n) is 15.6. The van der Waals surface area contributed by atoms with Crippen LogP contribution in [-0.4, -0.2) is 41.3 Å². The fraction of sp³-hybridized carbons (Fsp3) is 0.286. The summed E-state index contributed by atoms with van der Waals surface area (Å²) in [5.41, 5.74) is 2.19. The summed E-state index contributed by atoms with van der Waals surface area (Å²) in [6.07, 6.45) is 1.34. The maximum Gasteiger partial charge on any atom is 0.317 e. The fourth-order valence-corrected chi connectivity index (χ4v) is 3.64. The molecule has 1 aromatic heterocycles. The van der Waals surface area contributed by atoms with Crippen molar-refractivity contribution in [2.24, 2.45) is 0 Å². The van der Waals surface area contributed by atoms with Gasteiger partial charge >= 0.3 is 6.03 Å². The lowest BCUT2D eigenvalue weighted by Crippen LogP contribution is -2.38. The Kier molecular flexibility index (Phi) is 5.23. The van der Waals surface area contributed by atoms with Crippen molar-refractivity contribution in [3.8, 4) is 5.75 Å². The summed E-state index contributed by atoms with van der Waals surface area (Å²) in [6, 6.07) is 17.7. The summed E-state index contributed by atoms with van der Waals surface area (Å²) in [7, 11) is 1.63. The van der Waals surface area contributed by atoms with Crippen LogP contribution in [0.4, 0.5) is 4.79 Å². The molecule has 0 spiro atoms. The van der Waals surface area contributed by atoms with Gasteiger partial charge in [-0.15, -0.1) is 0 Å². The van der Waals surface area contributed by atoms with Crippen LogP contribution in [0, 0.1) is 0 Å². The van der Waals surface area contributed by atoms with Crippen LogP contribution >= 0.6 is 0 Å². The predicted octanol–water partition coefficient (Wildman–Crippen LogP) is 3.17. The molecule has 7 heteroatoms. The Morgan fingerprint density at radius 3 is 2.57 bits per heavy atom. The van der Waals surface area contributed by atoms with Crippen LogP contribution in [0.1, 0.15) is 28.8 Å². The number of aromatic nitrogens is 2.